The molecule has 2 aliphatic heterocycles. The molecule has 1 unspecified atom stereocenters. The van der Waals surface area contributed by atoms with Crippen LogP contribution in [-0.2, 0) is 0 Å². The fourth-order valence-corrected chi connectivity index (χ4v) is 3.51. The van der Waals surface area contributed by atoms with Crippen molar-refractivity contribution < 1.29 is 4.74 Å². The number of halogens is 1. The summed E-state index contributed by atoms with van der Waals surface area (Å²) >= 11 is 6.16. The van der Waals surface area contributed by atoms with Gasteiger partial charge in [0.05, 0.1) is 0 Å². The van der Waals surface area contributed by atoms with Gasteiger partial charge < -0.3 is 15.4 Å². The van der Waals surface area contributed by atoms with Gasteiger partial charge in [-0.3, -0.25) is 0 Å². The Bertz CT molecular complexity index is 472. The first kappa shape index (κ1) is 14.2. The highest BCUT2D eigenvalue weighted by Crippen LogP contribution is 2.44. The summed E-state index contributed by atoms with van der Waals surface area (Å²) in [6, 6.07) is 6.37. The molecule has 110 valence electrons. The van der Waals surface area contributed by atoms with Crippen LogP contribution in [0.25, 0.3) is 0 Å². The Kier molecular flexibility index (Phi) is 4.20. The van der Waals surface area contributed by atoms with E-state index in [1.165, 1.54) is 5.56 Å². The predicted molar refractivity (Wildman–Crippen MR) is 82.6 cm³/mol. The molecule has 0 radical (unpaired) electrons. The van der Waals surface area contributed by atoms with Crippen LogP contribution in [0.2, 0.25) is 5.02 Å². The number of nitrogens with one attached hydrogen (secondary N) is 2. The zero-order valence-electron chi connectivity index (χ0n) is 12.0. The number of hydrogen-bond donors (Lipinski definition) is 2. The fourth-order valence-electron chi connectivity index (χ4n) is 3.33. The largest absolute Gasteiger partial charge is 0.487 e. The first-order valence-electron chi connectivity index (χ1n) is 7.65. The predicted octanol–water partition coefficient (Wildman–Crippen LogP) is 3.29. The zero-order valence-corrected chi connectivity index (χ0v) is 12.8. The van der Waals surface area contributed by atoms with Crippen LogP contribution in [0.4, 0.5) is 0 Å². The van der Waals surface area contributed by atoms with Gasteiger partial charge in [-0.15, -0.1) is 0 Å². The maximum Gasteiger partial charge on any atom is 0.125 e. The van der Waals surface area contributed by atoms with E-state index in [9.17, 15) is 0 Å². The molecule has 20 heavy (non-hydrogen) atoms. The molecular weight excluding hydrogens is 272 g/mol. The summed E-state index contributed by atoms with van der Waals surface area (Å²) in [5.41, 5.74) is 1.22. The Labute approximate surface area is 126 Å². The molecule has 1 saturated heterocycles. The minimum Gasteiger partial charge on any atom is -0.487 e. The molecule has 2 aliphatic rings. The van der Waals surface area contributed by atoms with E-state index in [0.29, 0.717) is 6.04 Å². The molecule has 1 aromatic rings. The smallest absolute Gasteiger partial charge is 0.125 e. The highest BCUT2D eigenvalue weighted by Gasteiger charge is 2.41. The summed E-state index contributed by atoms with van der Waals surface area (Å²) in [6.07, 6.45) is 4.35. The minimum absolute atomic E-state index is 0.00249. The lowest BCUT2D eigenvalue weighted by molar-refractivity contribution is 0.00323. The van der Waals surface area contributed by atoms with Crippen molar-refractivity contribution in [1.82, 2.24) is 10.6 Å². The number of fused-ring (bicyclic) bond motifs is 1. The van der Waals surface area contributed by atoms with Crippen molar-refractivity contribution >= 4 is 11.6 Å². The van der Waals surface area contributed by atoms with Gasteiger partial charge in [-0.05, 0) is 57.1 Å². The second kappa shape index (κ2) is 5.92. The van der Waals surface area contributed by atoms with Gasteiger partial charge in [0.1, 0.15) is 11.4 Å². The third-order valence-electron chi connectivity index (χ3n) is 4.41. The van der Waals surface area contributed by atoms with E-state index >= 15 is 0 Å². The van der Waals surface area contributed by atoms with Crippen LogP contribution in [0.3, 0.4) is 0 Å². The summed E-state index contributed by atoms with van der Waals surface area (Å²) in [4.78, 5) is 0. The Morgan fingerprint density at radius 1 is 1.40 bits per heavy atom. The van der Waals surface area contributed by atoms with Gasteiger partial charge in [-0.1, -0.05) is 18.5 Å². The van der Waals surface area contributed by atoms with E-state index in [1.807, 2.05) is 12.1 Å². The number of piperidine rings is 1. The molecule has 2 heterocycles. The lowest BCUT2D eigenvalue weighted by Crippen LogP contribution is -2.50. The van der Waals surface area contributed by atoms with E-state index in [4.69, 9.17) is 16.3 Å². The van der Waals surface area contributed by atoms with E-state index in [2.05, 4.69) is 23.6 Å². The quantitative estimate of drug-likeness (QED) is 0.897. The van der Waals surface area contributed by atoms with Gasteiger partial charge in [0, 0.05) is 23.0 Å². The first-order valence-corrected chi connectivity index (χ1v) is 8.03. The molecule has 2 N–H and O–H groups in total. The lowest BCUT2D eigenvalue weighted by Gasteiger charge is -2.45. The average Bonchev–Trinajstić information content (AvgIpc) is 2.46. The van der Waals surface area contributed by atoms with Crippen LogP contribution in [0, 0.1) is 0 Å². The Balaban J connectivity index is 1.90. The highest BCUT2D eigenvalue weighted by atomic mass is 35.5. The van der Waals surface area contributed by atoms with Crippen LogP contribution in [0.5, 0.6) is 5.75 Å². The molecule has 0 saturated carbocycles. The van der Waals surface area contributed by atoms with E-state index < -0.39 is 0 Å². The van der Waals surface area contributed by atoms with Gasteiger partial charge in [0.15, 0.2) is 0 Å². The van der Waals surface area contributed by atoms with E-state index in [-0.39, 0.29) is 5.60 Å². The Hall–Kier alpha value is -0.770. The van der Waals surface area contributed by atoms with Crippen molar-refractivity contribution in [1.29, 1.82) is 0 Å². The molecular formula is C16H23ClN2O. The Morgan fingerprint density at radius 3 is 2.95 bits per heavy atom. The first-order chi connectivity index (χ1) is 9.72. The van der Waals surface area contributed by atoms with Gasteiger partial charge >= 0.3 is 0 Å². The molecule has 0 aliphatic carbocycles. The topological polar surface area (TPSA) is 33.3 Å². The van der Waals surface area contributed by atoms with Crippen molar-refractivity contribution in [2.75, 3.05) is 19.6 Å². The molecule has 1 fully saturated rings. The monoisotopic (exact) mass is 294 g/mol. The summed E-state index contributed by atoms with van der Waals surface area (Å²) in [5.74, 6) is 1.01. The van der Waals surface area contributed by atoms with Crippen molar-refractivity contribution in [2.24, 2.45) is 0 Å². The van der Waals surface area contributed by atoms with Crippen LogP contribution in [0.15, 0.2) is 18.2 Å². The average molecular weight is 295 g/mol. The Morgan fingerprint density at radius 2 is 2.20 bits per heavy atom. The fraction of sp³-hybridized carbons (Fsp3) is 0.625. The van der Waals surface area contributed by atoms with Crippen LogP contribution < -0.4 is 15.4 Å². The second-order valence-corrected chi connectivity index (χ2v) is 6.36. The summed E-state index contributed by atoms with van der Waals surface area (Å²) in [6.45, 7) is 5.32. The third kappa shape index (κ3) is 2.80. The van der Waals surface area contributed by atoms with Crippen LogP contribution in [-0.4, -0.2) is 25.2 Å². The molecule has 3 rings (SSSR count). The summed E-state index contributed by atoms with van der Waals surface area (Å²) < 4.78 is 6.39. The highest BCUT2D eigenvalue weighted by molar-refractivity contribution is 6.30. The van der Waals surface area contributed by atoms with Crippen molar-refractivity contribution in [3.05, 3.63) is 28.8 Å². The van der Waals surface area contributed by atoms with Crippen molar-refractivity contribution in [3.63, 3.8) is 0 Å². The number of hydrogen-bond acceptors (Lipinski definition) is 3. The maximum absolute atomic E-state index is 6.39. The van der Waals surface area contributed by atoms with Crippen molar-refractivity contribution in [2.45, 2.75) is 44.2 Å². The molecule has 3 nitrogen and oxygen atoms in total. The van der Waals surface area contributed by atoms with E-state index in [0.717, 1.165) is 56.1 Å². The number of rotatable bonds is 3. The standard InChI is InChI=1S/C16H23ClN2O/c1-2-7-19-14-11-16(5-8-18-9-6-16)20-15-4-3-12(17)10-13(14)15/h3-4,10,14,18-19H,2,5-9,11H2,1H3. The minimum atomic E-state index is -0.00249. The van der Waals surface area contributed by atoms with Gasteiger partial charge in [0.2, 0.25) is 0 Å². The third-order valence-corrected chi connectivity index (χ3v) is 4.64. The number of ether oxygens (including phenoxy) is 1. The molecule has 0 aromatic heterocycles. The normalized spacial score (nSPS) is 24.2. The summed E-state index contributed by atoms with van der Waals surface area (Å²) in [5, 5.41) is 7.88. The summed E-state index contributed by atoms with van der Waals surface area (Å²) in [7, 11) is 0. The lowest BCUT2D eigenvalue weighted by atomic mass is 9.81. The molecule has 1 atom stereocenters. The molecule has 4 heteroatoms. The maximum atomic E-state index is 6.39. The molecule has 1 aromatic carbocycles. The van der Waals surface area contributed by atoms with Crippen molar-refractivity contribution in [3.8, 4) is 5.75 Å². The van der Waals surface area contributed by atoms with Gasteiger partial charge in [-0.25, -0.2) is 0 Å². The zero-order chi connectivity index (χ0) is 14.0. The van der Waals surface area contributed by atoms with E-state index in [1.54, 1.807) is 0 Å². The molecule has 0 amide bonds. The SMILES string of the molecule is CCCNC1CC2(CCNCC2)Oc2ccc(Cl)cc21. The molecule has 0 bridgehead atoms. The molecule has 1 spiro atoms. The van der Waals surface area contributed by atoms with Crippen LogP contribution >= 0.6 is 11.6 Å². The number of benzene rings is 1. The second-order valence-electron chi connectivity index (χ2n) is 5.93. The van der Waals surface area contributed by atoms with Gasteiger partial charge in [0.25, 0.3) is 0 Å². The van der Waals surface area contributed by atoms with Gasteiger partial charge in [-0.2, -0.15) is 0 Å². The van der Waals surface area contributed by atoms with Crippen LogP contribution in [0.1, 0.15) is 44.2 Å².